The van der Waals surface area contributed by atoms with Gasteiger partial charge < -0.3 is 14.0 Å². The molecule has 0 aliphatic carbocycles. The topological polar surface area (TPSA) is 57.5 Å². The lowest BCUT2D eigenvalue weighted by molar-refractivity contribution is 0.0590. The SMILES string of the molecule is COC(=O)c1cc(C(=O)OC)n(-c2ccc(F)cc2)c1. The van der Waals surface area contributed by atoms with Gasteiger partial charge in [0.15, 0.2) is 0 Å². The van der Waals surface area contributed by atoms with Gasteiger partial charge in [-0.25, -0.2) is 14.0 Å². The normalized spacial score (nSPS) is 10.2. The number of halogens is 1. The summed E-state index contributed by atoms with van der Waals surface area (Å²) in [5.41, 5.74) is 0.888. The van der Waals surface area contributed by atoms with E-state index in [1.807, 2.05) is 0 Å². The number of nitrogens with zero attached hydrogens (tertiary/aromatic N) is 1. The van der Waals surface area contributed by atoms with Crippen LogP contribution in [0.3, 0.4) is 0 Å². The van der Waals surface area contributed by atoms with Crippen molar-refractivity contribution in [1.82, 2.24) is 4.57 Å². The van der Waals surface area contributed by atoms with E-state index < -0.39 is 17.8 Å². The average Bonchev–Trinajstić information content (AvgIpc) is 2.91. The first-order valence-corrected chi connectivity index (χ1v) is 5.71. The largest absolute Gasteiger partial charge is 0.465 e. The van der Waals surface area contributed by atoms with Gasteiger partial charge in [0.1, 0.15) is 11.5 Å². The van der Waals surface area contributed by atoms with E-state index in [-0.39, 0.29) is 11.3 Å². The third-order valence-corrected chi connectivity index (χ3v) is 2.74. The number of carbonyl (C=O) groups excluding carboxylic acids is 2. The summed E-state index contributed by atoms with van der Waals surface area (Å²) in [5, 5.41) is 0. The van der Waals surface area contributed by atoms with Crippen molar-refractivity contribution >= 4 is 11.9 Å². The molecule has 0 aliphatic rings. The lowest BCUT2D eigenvalue weighted by Crippen LogP contribution is -2.08. The molecule has 0 amide bonds. The molecule has 6 heteroatoms. The Morgan fingerprint density at radius 1 is 1.05 bits per heavy atom. The minimum absolute atomic E-state index is 0.152. The predicted octanol–water partition coefficient (Wildman–Crippen LogP) is 2.19. The molecule has 0 aliphatic heterocycles. The first kappa shape index (κ1) is 13.8. The Kier molecular flexibility index (Phi) is 3.84. The van der Waals surface area contributed by atoms with Crippen LogP contribution in [0.15, 0.2) is 36.5 Å². The molecule has 0 fully saturated rings. The van der Waals surface area contributed by atoms with Crippen LogP contribution < -0.4 is 0 Å². The third kappa shape index (κ3) is 2.54. The number of rotatable bonds is 3. The van der Waals surface area contributed by atoms with Crippen molar-refractivity contribution in [3.8, 4) is 5.69 Å². The Labute approximate surface area is 114 Å². The van der Waals surface area contributed by atoms with E-state index in [0.29, 0.717) is 5.69 Å². The number of hydrogen-bond acceptors (Lipinski definition) is 4. The molecule has 1 aromatic carbocycles. The van der Waals surface area contributed by atoms with Crippen LogP contribution in [0.2, 0.25) is 0 Å². The number of hydrogen-bond donors (Lipinski definition) is 0. The van der Waals surface area contributed by atoms with Crippen LogP contribution in [-0.4, -0.2) is 30.7 Å². The molecule has 1 aromatic heterocycles. The fourth-order valence-electron chi connectivity index (χ4n) is 1.77. The second-order valence-corrected chi connectivity index (χ2v) is 3.94. The molecule has 0 spiro atoms. The van der Waals surface area contributed by atoms with Gasteiger partial charge in [-0.15, -0.1) is 0 Å². The number of methoxy groups -OCH3 is 2. The highest BCUT2D eigenvalue weighted by Gasteiger charge is 2.19. The minimum atomic E-state index is -0.607. The summed E-state index contributed by atoms with van der Waals surface area (Å²) < 4.78 is 23.7. The highest BCUT2D eigenvalue weighted by molar-refractivity contribution is 5.95. The van der Waals surface area contributed by atoms with Crippen molar-refractivity contribution in [2.45, 2.75) is 0 Å². The van der Waals surface area contributed by atoms with Gasteiger partial charge in [0, 0.05) is 11.9 Å². The van der Waals surface area contributed by atoms with E-state index in [4.69, 9.17) is 0 Å². The van der Waals surface area contributed by atoms with Gasteiger partial charge in [-0.1, -0.05) is 0 Å². The van der Waals surface area contributed by atoms with Crippen molar-refractivity contribution in [2.75, 3.05) is 14.2 Å². The quantitative estimate of drug-likeness (QED) is 0.807. The predicted molar refractivity (Wildman–Crippen MR) is 68.4 cm³/mol. The van der Waals surface area contributed by atoms with Gasteiger partial charge in [0.25, 0.3) is 0 Å². The standard InChI is InChI=1S/C14H12FNO4/c1-19-13(17)9-7-12(14(18)20-2)16(8-9)11-5-3-10(15)4-6-11/h3-8H,1-2H3. The van der Waals surface area contributed by atoms with Crippen LogP contribution in [0.1, 0.15) is 20.8 Å². The lowest BCUT2D eigenvalue weighted by Gasteiger charge is -2.07. The summed E-state index contributed by atoms with van der Waals surface area (Å²) >= 11 is 0. The molecule has 2 aromatic rings. The van der Waals surface area contributed by atoms with Crippen LogP contribution in [-0.2, 0) is 9.47 Å². The molecule has 5 nitrogen and oxygen atoms in total. The van der Waals surface area contributed by atoms with Gasteiger partial charge in [0.05, 0.1) is 19.8 Å². The molecule has 0 atom stereocenters. The van der Waals surface area contributed by atoms with Gasteiger partial charge in [-0.3, -0.25) is 0 Å². The molecule has 0 saturated carbocycles. The Balaban J connectivity index is 2.54. The highest BCUT2D eigenvalue weighted by Crippen LogP contribution is 2.18. The van der Waals surface area contributed by atoms with Crippen molar-refractivity contribution in [3.05, 3.63) is 53.6 Å². The Hall–Kier alpha value is -2.63. The Morgan fingerprint density at radius 2 is 1.65 bits per heavy atom. The number of benzene rings is 1. The number of ether oxygens (including phenoxy) is 2. The molecule has 0 saturated heterocycles. The summed E-state index contributed by atoms with van der Waals surface area (Å²) in [6, 6.07) is 6.86. The smallest absolute Gasteiger partial charge is 0.355 e. The second-order valence-electron chi connectivity index (χ2n) is 3.94. The second kappa shape index (κ2) is 5.56. The monoisotopic (exact) mass is 277 g/mol. The number of esters is 2. The summed E-state index contributed by atoms with van der Waals surface area (Å²) in [5.74, 6) is -1.57. The first-order valence-electron chi connectivity index (χ1n) is 5.71. The molecule has 0 bridgehead atoms. The van der Waals surface area contributed by atoms with Gasteiger partial charge in [-0.05, 0) is 30.3 Å². The zero-order valence-corrected chi connectivity index (χ0v) is 10.9. The minimum Gasteiger partial charge on any atom is -0.465 e. The maximum absolute atomic E-state index is 12.9. The van der Waals surface area contributed by atoms with Crippen LogP contribution in [0.4, 0.5) is 4.39 Å². The summed E-state index contributed by atoms with van der Waals surface area (Å²) in [7, 11) is 2.48. The van der Waals surface area contributed by atoms with E-state index in [1.165, 1.54) is 55.3 Å². The zero-order valence-electron chi connectivity index (χ0n) is 10.9. The summed E-state index contributed by atoms with van der Waals surface area (Å²) in [4.78, 5) is 23.3. The highest BCUT2D eigenvalue weighted by atomic mass is 19.1. The van der Waals surface area contributed by atoms with Gasteiger partial charge in [0.2, 0.25) is 0 Å². The molecular weight excluding hydrogens is 265 g/mol. The average molecular weight is 277 g/mol. The van der Waals surface area contributed by atoms with Crippen LogP contribution in [0.5, 0.6) is 0 Å². The van der Waals surface area contributed by atoms with Gasteiger partial charge >= 0.3 is 11.9 Å². The molecular formula is C14H12FNO4. The molecule has 0 radical (unpaired) electrons. The molecule has 0 N–H and O–H groups in total. The maximum atomic E-state index is 12.9. The number of carbonyl (C=O) groups is 2. The Bertz CT molecular complexity index is 646. The first-order chi connectivity index (χ1) is 9.56. The molecule has 0 unspecified atom stereocenters. The van der Waals surface area contributed by atoms with Crippen molar-refractivity contribution < 1.29 is 23.5 Å². The van der Waals surface area contributed by atoms with Crippen LogP contribution in [0.25, 0.3) is 5.69 Å². The molecule has 104 valence electrons. The molecule has 1 heterocycles. The van der Waals surface area contributed by atoms with Crippen LogP contribution >= 0.6 is 0 Å². The van der Waals surface area contributed by atoms with Crippen molar-refractivity contribution in [2.24, 2.45) is 0 Å². The number of aromatic nitrogens is 1. The summed E-state index contributed by atoms with van der Waals surface area (Å²) in [6.45, 7) is 0. The van der Waals surface area contributed by atoms with E-state index in [2.05, 4.69) is 9.47 Å². The fraction of sp³-hybridized carbons (Fsp3) is 0.143. The van der Waals surface area contributed by atoms with E-state index in [9.17, 15) is 14.0 Å². The van der Waals surface area contributed by atoms with Crippen molar-refractivity contribution in [3.63, 3.8) is 0 Å². The fourth-order valence-corrected chi connectivity index (χ4v) is 1.77. The van der Waals surface area contributed by atoms with Gasteiger partial charge in [-0.2, -0.15) is 0 Å². The third-order valence-electron chi connectivity index (χ3n) is 2.74. The van der Waals surface area contributed by atoms with E-state index in [0.717, 1.165) is 0 Å². The molecule has 2 rings (SSSR count). The molecule has 20 heavy (non-hydrogen) atoms. The Morgan fingerprint density at radius 3 is 2.20 bits per heavy atom. The van der Waals surface area contributed by atoms with E-state index in [1.54, 1.807) is 0 Å². The zero-order chi connectivity index (χ0) is 14.7. The summed E-state index contributed by atoms with van der Waals surface area (Å²) in [6.07, 6.45) is 1.44. The van der Waals surface area contributed by atoms with E-state index >= 15 is 0 Å². The van der Waals surface area contributed by atoms with Crippen molar-refractivity contribution in [1.29, 1.82) is 0 Å². The van der Waals surface area contributed by atoms with Crippen LogP contribution in [0, 0.1) is 5.82 Å². The lowest BCUT2D eigenvalue weighted by atomic mass is 10.3. The maximum Gasteiger partial charge on any atom is 0.355 e.